The molecular weight excluding hydrogens is 234 g/mol. The van der Waals surface area contributed by atoms with Gasteiger partial charge in [-0.15, -0.1) is 11.3 Å². The standard InChI is InChI=1S/C12H21N3OS/c1-4-10-8-15(5-6-16-10)12-14-9(2)11(17-12)7-13-3/h10,13H,4-8H2,1-3H3. The molecule has 1 atom stereocenters. The zero-order valence-corrected chi connectivity index (χ0v) is 11.6. The summed E-state index contributed by atoms with van der Waals surface area (Å²) in [5, 5.41) is 4.34. The van der Waals surface area contributed by atoms with Crippen LogP contribution >= 0.6 is 11.3 Å². The van der Waals surface area contributed by atoms with Crippen molar-refractivity contribution in [3.05, 3.63) is 10.6 Å². The van der Waals surface area contributed by atoms with Gasteiger partial charge < -0.3 is 15.0 Å². The fourth-order valence-electron chi connectivity index (χ4n) is 2.01. The van der Waals surface area contributed by atoms with Crippen LogP contribution in [0.3, 0.4) is 0 Å². The molecule has 1 aromatic heterocycles. The Bertz CT molecular complexity index is 367. The number of hydrogen-bond acceptors (Lipinski definition) is 5. The smallest absolute Gasteiger partial charge is 0.185 e. The van der Waals surface area contributed by atoms with E-state index in [0.29, 0.717) is 6.10 Å². The van der Waals surface area contributed by atoms with Gasteiger partial charge in [-0.25, -0.2) is 4.98 Å². The van der Waals surface area contributed by atoms with Crippen molar-refractivity contribution < 1.29 is 4.74 Å². The number of nitrogens with zero attached hydrogens (tertiary/aromatic N) is 2. The highest BCUT2D eigenvalue weighted by Gasteiger charge is 2.22. The van der Waals surface area contributed by atoms with Crippen LogP contribution in [-0.2, 0) is 11.3 Å². The monoisotopic (exact) mass is 255 g/mol. The third-order valence-corrected chi connectivity index (χ3v) is 4.30. The van der Waals surface area contributed by atoms with Crippen LogP contribution in [0.5, 0.6) is 0 Å². The quantitative estimate of drug-likeness (QED) is 0.890. The van der Waals surface area contributed by atoms with Crippen LogP contribution in [0.25, 0.3) is 0 Å². The van der Waals surface area contributed by atoms with Crippen molar-refractivity contribution in [3.63, 3.8) is 0 Å². The number of thiazole rings is 1. The van der Waals surface area contributed by atoms with Crippen LogP contribution in [0.15, 0.2) is 0 Å². The molecule has 2 rings (SSSR count). The third kappa shape index (κ3) is 2.97. The SMILES string of the molecule is CCC1CN(c2nc(C)c(CNC)s2)CCO1. The average Bonchev–Trinajstić information content (AvgIpc) is 2.72. The fraction of sp³-hybridized carbons (Fsp3) is 0.750. The van der Waals surface area contributed by atoms with Crippen LogP contribution in [0.2, 0.25) is 0 Å². The molecule has 1 aliphatic heterocycles. The number of anilines is 1. The highest BCUT2D eigenvalue weighted by atomic mass is 32.1. The summed E-state index contributed by atoms with van der Waals surface area (Å²) in [5.74, 6) is 0. The molecule has 0 spiro atoms. The van der Waals surface area contributed by atoms with Crippen molar-refractivity contribution in [2.75, 3.05) is 31.6 Å². The molecule has 0 aliphatic carbocycles. The maximum atomic E-state index is 5.69. The Balaban J connectivity index is 2.08. The predicted octanol–water partition coefficient (Wildman–Crippen LogP) is 1.79. The molecule has 0 amide bonds. The lowest BCUT2D eigenvalue weighted by molar-refractivity contribution is 0.0384. The Labute approximate surface area is 107 Å². The Kier molecular flexibility index (Phi) is 4.36. The van der Waals surface area contributed by atoms with E-state index in [0.717, 1.165) is 43.5 Å². The Hall–Kier alpha value is -0.650. The Morgan fingerprint density at radius 3 is 3.12 bits per heavy atom. The molecular formula is C12H21N3OS. The van der Waals surface area contributed by atoms with Gasteiger partial charge in [0.05, 0.1) is 18.4 Å². The summed E-state index contributed by atoms with van der Waals surface area (Å²) in [5.41, 5.74) is 1.15. The molecule has 1 unspecified atom stereocenters. The Morgan fingerprint density at radius 2 is 2.41 bits per heavy atom. The maximum absolute atomic E-state index is 5.69. The molecule has 1 saturated heterocycles. The van der Waals surface area contributed by atoms with Crippen LogP contribution in [0.4, 0.5) is 5.13 Å². The van der Waals surface area contributed by atoms with E-state index < -0.39 is 0 Å². The van der Waals surface area contributed by atoms with Gasteiger partial charge >= 0.3 is 0 Å². The summed E-state index contributed by atoms with van der Waals surface area (Å²) in [6.07, 6.45) is 1.44. The van der Waals surface area contributed by atoms with Crippen molar-refractivity contribution >= 4 is 16.5 Å². The van der Waals surface area contributed by atoms with E-state index in [-0.39, 0.29) is 0 Å². The molecule has 1 aliphatic rings. The van der Waals surface area contributed by atoms with Crippen LogP contribution in [0.1, 0.15) is 23.9 Å². The first-order valence-corrected chi connectivity index (χ1v) is 7.03. The molecule has 2 heterocycles. The number of nitrogens with one attached hydrogen (secondary N) is 1. The molecule has 0 aromatic carbocycles. The van der Waals surface area contributed by atoms with Crippen molar-refractivity contribution in [2.45, 2.75) is 32.9 Å². The zero-order valence-electron chi connectivity index (χ0n) is 10.8. The highest BCUT2D eigenvalue weighted by Crippen LogP contribution is 2.27. The van der Waals surface area contributed by atoms with Crippen molar-refractivity contribution in [1.29, 1.82) is 0 Å². The normalized spacial score (nSPS) is 20.9. The lowest BCUT2D eigenvalue weighted by atomic mass is 10.2. The van der Waals surface area contributed by atoms with Gasteiger partial charge in [0.25, 0.3) is 0 Å². The maximum Gasteiger partial charge on any atom is 0.185 e. The summed E-state index contributed by atoms with van der Waals surface area (Å²) in [4.78, 5) is 8.36. The van der Waals surface area contributed by atoms with E-state index in [1.807, 2.05) is 7.05 Å². The van der Waals surface area contributed by atoms with Crippen molar-refractivity contribution in [2.24, 2.45) is 0 Å². The molecule has 1 N–H and O–H groups in total. The minimum absolute atomic E-state index is 0.362. The van der Waals surface area contributed by atoms with Crippen LogP contribution < -0.4 is 10.2 Å². The molecule has 0 saturated carbocycles. The minimum Gasteiger partial charge on any atom is -0.375 e. The third-order valence-electron chi connectivity index (χ3n) is 3.08. The lowest BCUT2D eigenvalue weighted by Crippen LogP contribution is -2.42. The van der Waals surface area contributed by atoms with E-state index in [2.05, 4.69) is 29.0 Å². The number of hydrogen-bond donors (Lipinski definition) is 1. The van der Waals surface area contributed by atoms with Gasteiger partial charge in [-0.1, -0.05) is 6.92 Å². The molecule has 96 valence electrons. The largest absolute Gasteiger partial charge is 0.375 e. The van der Waals surface area contributed by atoms with Crippen molar-refractivity contribution in [3.8, 4) is 0 Å². The second-order valence-electron chi connectivity index (χ2n) is 4.38. The summed E-state index contributed by atoms with van der Waals surface area (Å²) in [6, 6.07) is 0. The van der Waals surface area contributed by atoms with E-state index >= 15 is 0 Å². The second-order valence-corrected chi connectivity index (χ2v) is 5.44. The van der Waals surface area contributed by atoms with Gasteiger partial charge in [0.15, 0.2) is 5.13 Å². The second kappa shape index (κ2) is 5.80. The van der Waals surface area contributed by atoms with E-state index in [9.17, 15) is 0 Å². The van der Waals surface area contributed by atoms with Crippen LogP contribution in [-0.4, -0.2) is 37.8 Å². The van der Waals surface area contributed by atoms with Crippen LogP contribution in [0, 0.1) is 6.92 Å². The van der Waals surface area contributed by atoms with Gasteiger partial charge in [-0.05, 0) is 20.4 Å². The number of ether oxygens (including phenoxy) is 1. The first-order valence-electron chi connectivity index (χ1n) is 6.22. The van der Waals surface area contributed by atoms with E-state index in [1.165, 1.54) is 4.88 Å². The lowest BCUT2D eigenvalue weighted by Gasteiger charge is -2.32. The molecule has 17 heavy (non-hydrogen) atoms. The summed E-state index contributed by atoms with van der Waals surface area (Å²) >= 11 is 1.80. The van der Waals surface area contributed by atoms with E-state index in [1.54, 1.807) is 11.3 Å². The first-order chi connectivity index (χ1) is 8.24. The predicted molar refractivity (Wildman–Crippen MR) is 71.9 cm³/mol. The molecule has 5 heteroatoms. The molecule has 1 aromatic rings. The summed E-state index contributed by atoms with van der Waals surface area (Å²) < 4.78 is 5.69. The molecule has 1 fully saturated rings. The molecule has 4 nitrogen and oxygen atoms in total. The number of aromatic nitrogens is 1. The molecule has 0 bridgehead atoms. The first kappa shape index (κ1) is 12.8. The summed E-state index contributed by atoms with van der Waals surface area (Å²) in [6.45, 7) is 7.92. The highest BCUT2D eigenvalue weighted by molar-refractivity contribution is 7.15. The zero-order chi connectivity index (χ0) is 12.3. The average molecular weight is 255 g/mol. The number of aryl methyl sites for hydroxylation is 1. The van der Waals surface area contributed by atoms with Gasteiger partial charge in [-0.3, -0.25) is 0 Å². The number of morpholine rings is 1. The minimum atomic E-state index is 0.362. The van der Waals surface area contributed by atoms with Gasteiger partial charge in [0.2, 0.25) is 0 Å². The van der Waals surface area contributed by atoms with E-state index in [4.69, 9.17) is 4.74 Å². The van der Waals surface area contributed by atoms with Gasteiger partial charge in [-0.2, -0.15) is 0 Å². The summed E-state index contributed by atoms with van der Waals surface area (Å²) in [7, 11) is 1.97. The number of rotatable bonds is 4. The fourth-order valence-corrected chi connectivity index (χ4v) is 3.12. The van der Waals surface area contributed by atoms with Crippen molar-refractivity contribution in [1.82, 2.24) is 10.3 Å². The van der Waals surface area contributed by atoms with Gasteiger partial charge in [0, 0.05) is 24.5 Å². The molecule has 0 radical (unpaired) electrons. The topological polar surface area (TPSA) is 37.4 Å². The van der Waals surface area contributed by atoms with Gasteiger partial charge in [0.1, 0.15) is 0 Å². The Morgan fingerprint density at radius 1 is 1.59 bits per heavy atom.